The number of nitrogens with two attached hydrogens (primary N) is 1. The highest BCUT2D eigenvalue weighted by molar-refractivity contribution is 5.89. The van der Waals surface area contributed by atoms with Gasteiger partial charge in [-0.15, -0.1) is 0 Å². The van der Waals surface area contributed by atoms with Crippen molar-refractivity contribution in [2.75, 3.05) is 0 Å². The topological polar surface area (TPSA) is 165 Å². The average molecular weight is 431 g/mol. The lowest BCUT2D eigenvalue weighted by Gasteiger charge is -2.61. The summed E-state index contributed by atoms with van der Waals surface area (Å²) in [5, 5.41) is 35.9. The van der Waals surface area contributed by atoms with Gasteiger partial charge in [0.05, 0.1) is 17.7 Å². The molecule has 6 aliphatic rings. The van der Waals surface area contributed by atoms with Crippen LogP contribution in [0.25, 0.3) is 0 Å². The standard InChI is InChI=1S/C18H25N3O2.C4H4O4/c19-8-13-2-12-3-14(12)21(13)16(22)15(20)17-4-10-1-11(5-17)7-18(23,6-10)9-17;5-3(6)1-2-4(7)8/h10-15,23H,1-7,9,20H2;1-2H,(H,5,6)(H,7,8)/b;2-1-/t10-,11+,12-,13+,14+,15-,17?,18?;/m1./s1. The number of carboxylic acids is 2. The minimum absolute atomic E-state index is 0.0212. The second kappa shape index (κ2) is 7.61. The number of carbonyl (C=O) groups is 3. The highest BCUT2D eigenvalue weighted by atomic mass is 16.4. The number of fused-ring (bicyclic) bond motifs is 1. The quantitative estimate of drug-likeness (QED) is 0.476. The van der Waals surface area contributed by atoms with Crippen LogP contribution in [0.5, 0.6) is 0 Å². The van der Waals surface area contributed by atoms with Crippen molar-refractivity contribution < 1.29 is 29.7 Å². The first-order valence-electron chi connectivity index (χ1n) is 10.9. The third-order valence-corrected chi connectivity index (χ3v) is 7.88. The molecule has 9 heteroatoms. The minimum Gasteiger partial charge on any atom is -0.478 e. The fourth-order valence-electron chi connectivity index (χ4n) is 7.10. The Morgan fingerprint density at radius 2 is 1.61 bits per heavy atom. The van der Waals surface area contributed by atoms with Crippen LogP contribution in [0.4, 0.5) is 0 Å². The molecule has 168 valence electrons. The molecule has 1 amide bonds. The van der Waals surface area contributed by atoms with E-state index in [1.807, 2.05) is 0 Å². The Morgan fingerprint density at radius 1 is 1.03 bits per heavy atom. The van der Waals surface area contributed by atoms with E-state index in [-0.39, 0.29) is 23.4 Å². The maximum absolute atomic E-state index is 13.1. The van der Waals surface area contributed by atoms with Gasteiger partial charge in [0.25, 0.3) is 0 Å². The molecule has 0 aromatic carbocycles. The molecule has 2 unspecified atom stereocenters. The highest BCUT2D eigenvalue weighted by Gasteiger charge is 2.62. The highest BCUT2D eigenvalue weighted by Crippen LogP contribution is 2.63. The zero-order valence-corrected chi connectivity index (χ0v) is 17.3. The zero-order valence-electron chi connectivity index (χ0n) is 17.3. The van der Waals surface area contributed by atoms with Gasteiger partial charge in [0.15, 0.2) is 0 Å². The number of piperidine rings is 1. The Hall–Kier alpha value is -2.44. The van der Waals surface area contributed by atoms with Gasteiger partial charge in [0.1, 0.15) is 6.04 Å². The Balaban J connectivity index is 0.000000250. The molecule has 1 saturated heterocycles. The maximum Gasteiger partial charge on any atom is 0.328 e. The van der Waals surface area contributed by atoms with E-state index < -0.39 is 23.6 Å². The van der Waals surface area contributed by atoms with Crippen LogP contribution < -0.4 is 5.73 Å². The normalized spacial score (nSPS) is 42.4. The first-order chi connectivity index (χ1) is 14.6. The molecule has 0 aromatic rings. The maximum atomic E-state index is 13.1. The molecule has 0 spiro atoms. The summed E-state index contributed by atoms with van der Waals surface area (Å²) in [5.41, 5.74) is 5.71. The van der Waals surface area contributed by atoms with Crippen LogP contribution in [0.3, 0.4) is 0 Å². The first-order valence-corrected chi connectivity index (χ1v) is 10.9. The molecule has 5 saturated carbocycles. The van der Waals surface area contributed by atoms with Gasteiger partial charge in [-0.25, -0.2) is 9.59 Å². The van der Waals surface area contributed by atoms with Crippen molar-refractivity contribution in [2.45, 2.75) is 75.1 Å². The number of aliphatic carboxylic acids is 2. The molecule has 0 aromatic heterocycles. The number of nitrogens with zero attached hydrogens (tertiary/aromatic N) is 2. The fraction of sp³-hybridized carbons (Fsp3) is 0.727. The van der Waals surface area contributed by atoms with Gasteiger partial charge in [-0.1, -0.05) is 0 Å². The van der Waals surface area contributed by atoms with E-state index in [9.17, 15) is 24.8 Å². The number of nitriles is 1. The Kier molecular flexibility index (Phi) is 5.34. The summed E-state index contributed by atoms with van der Waals surface area (Å²) < 4.78 is 0. The van der Waals surface area contributed by atoms with E-state index in [1.54, 1.807) is 4.90 Å². The first kappa shape index (κ1) is 21.8. The number of carbonyl (C=O) groups excluding carboxylic acids is 1. The molecule has 8 atom stereocenters. The van der Waals surface area contributed by atoms with E-state index in [0.717, 1.165) is 38.5 Å². The van der Waals surface area contributed by atoms with E-state index in [1.165, 1.54) is 6.42 Å². The Labute approximate surface area is 180 Å². The summed E-state index contributed by atoms with van der Waals surface area (Å²) in [4.78, 5) is 34.1. The smallest absolute Gasteiger partial charge is 0.328 e. The summed E-state index contributed by atoms with van der Waals surface area (Å²) in [6, 6.07) is 1.72. The number of hydrogen-bond donors (Lipinski definition) is 4. The SMILES string of the molecule is N#C[C@@H]1C[C@@H]2C[C@@H]2N1C(=O)[C@@H](N)C12C[C@@H]3C[C@@H](CC(O)(C3)C1)C2.O=C(O)/C=C\C(=O)O. The lowest BCUT2D eigenvalue weighted by molar-refractivity contribution is -0.177. The molecule has 31 heavy (non-hydrogen) atoms. The Bertz CT molecular complexity index is 834. The van der Waals surface area contributed by atoms with Crippen molar-refractivity contribution in [1.29, 1.82) is 5.26 Å². The number of amides is 1. The van der Waals surface area contributed by atoms with Crippen LogP contribution in [0.2, 0.25) is 0 Å². The van der Waals surface area contributed by atoms with E-state index >= 15 is 0 Å². The zero-order chi connectivity index (χ0) is 22.6. The van der Waals surface area contributed by atoms with Crippen molar-refractivity contribution in [3.63, 3.8) is 0 Å². The fourth-order valence-corrected chi connectivity index (χ4v) is 7.10. The molecule has 5 N–H and O–H groups in total. The number of rotatable bonds is 4. The molecule has 1 aliphatic heterocycles. The van der Waals surface area contributed by atoms with Gasteiger partial charge in [0.2, 0.25) is 5.91 Å². The summed E-state index contributed by atoms with van der Waals surface area (Å²) in [6.45, 7) is 0. The minimum atomic E-state index is -1.26. The van der Waals surface area contributed by atoms with Gasteiger partial charge < -0.3 is 26.0 Å². The largest absolute Gasteiger partial charge is 0.478 e. The number of aliphatic hydroxyl groups is 1. The number of hydrogen-bond acceptors (Lipinski definition) is 6. The Morgan fingerprint density at radius 3 is 2.10 bits per heavy atom. The number of carboxylic acid groups (broad SMARTS) is 2. The van der Waals surface area contributed by atoms with Crippen molar-refractivity contribution >= 4 is 17.8 Å². The van der Waals surface area contributed by atoms with Gasteiger partial charge >= 0.3 is 11.9 Å². The monoisotopic (exact) mass is 431 g/mol. The average Bonchev–Trinajstić information content (AvgIpc) is 3.33. The molecule has 6 rings (SSSR count). The molecular weight excluding hydrogens is 402 g/mol. The van der Waals surface area contributed by atoms with Gasteiger partial charge in [-0.05, 0) is 74.5 Å². The molecule has 5 aliphatic carbocycles. The molecular formula is C22H29N3O6. The second-order valence-electron chi connectivity index (χ2n) is 10.2. The van der Waals surface area contributed by atoms with Crippen LogP contribution in [-0.4, -0.2) is 61.8 Å². The van der Waals surface area contributed by atoms with Gasteiger partial charge in [-0.2, -0.15) is 5.26 Å². The van der Waals surface area contributed by atoms with Crippen molar-refractivity contribution in [3.05, 3.63) is 12.2 Å². The summed E-state index contributed by atoms with van der Waals surface area (Å²) in [6.07, 6.45) is 8.60. The molecule has 9 nitrogen and oxygen atoms in total. The third kappa shape index (κ3) is 4.06. The number of likely N-dealkylation sites (tertiary alicyclic amines) is 1. The van der Waals surface area contributed by atoms with Crippen LogP contribution in [0.1, 0.15) is 51.4 Å². The van der Waals surface area contributed by atoms with Crippen molar-refractivity contribution in [2.24, 2.45) is 28.9 Å². The summed E-state index contributed by atoms with van der Waals surface area (Å²) in [7, 11) is 0. The predicted octanol–water partition coefficient (Wildman–Crippen LogP) is 0.870. The van der Waals surface area contributed by atoms with Gasteiger partial charge in [-0.3, -0.25) is 4.79 Å². The molecule has 1 heterocycles. The van der Waals surface area contributed by atoms with E-state index in [4.69, 9.17) is 15.9 Å². The van der Waals surface area contributed by atoms with E-state index in [2.05, 4.69) is 6.07 Å². The van der Waals surface area contributed by atoms with Crippen LogP contribution in [0, 0.1) is 34.5 Å². The molecule has 4 bridgehead atoms. The molecule has 6 fully saturated rings. The van der Waals surface area contributed by atoms with Gasteiger partial charge in [0, 0.05) is 18.2 Å². The van der Waals surface area contributed by atoms with Crippen LogP contribution in [-0.2, 0) is 14.4 Å². The summed E-state index contributed by atoms with van der Waals surface area (Å²) >= 11 is 0. The van der Waals surface area contributed by atoms with Crippen LogP contribution in [0.15, 0.2) is 12.2 Å². The molecule has 0 radical (unpaired) electrons. The second-order valence-corrected chi connectivity index (χ2v) is 10.2. The van der Waals surface area contributed by atoms with E-state index in [0.29, 0.717) is 36.3 Å². The predicted molar refractivity (Wildman–Crippen MR) is 107 cm³/mol. The van der Waals surface area contributed by atoms with Crippen molar-refractivity contribution in [1.82, 2.24) is 4.90 Å². The lowest BCUT2D eigenvalue weighted by Crippen LogP contribution is -2.64. The summed E-state index contributed by atoms with van der Waals surface area (Å²) in [5.74, 6) is -0.957. The van der Waals surface area contributed by atoms with Crippen molar-refractivity contribution in [3.8, 4) is 6.07 Å². The lowest BCUT2D eigenvalue weighted by atomic mass is 9.46. The third-order valence-electron chi connectivity index (χ3n) is 7.88. The van der Waals surface area contributed by atoms with Crippen LogP contribution >= 0.6 is 0 Å².